The van der Waals surface area contributed by atoms with Gasteiger partial charge in [0.25, 0.3) is 0 Å². The van der Waals surface area contributed by atoms with Gasteiger partial charge in [0.1, 0.15) is 17.1 Å². The van der Waals surface area contributed by atoms with Crippen LogP contribution in [0.4, 0.5) is 4.79 Å². The van der Waals surface area contributed by atoms with Gasteiger partial charge in [-0.1, -0.05) is 30.3 Å². The molecule has 4 aromatic rings. The van der Waals surface area contributed by atoms with Gasteiger partial charge in [-0.05, 0) is 30.7 Å². The largest absolute Gasteiger partial charge is 0.509 e. The summed E-state index contributed by atoms with van der Waals surface area (Å²) in [6.07, 6.45) is -2.08. The number of hydrogen-bond donors (Lipinski definition) is 0. The Morgan fingerprint density at radius 2 is 1.81 bits per heavy atom. The minimum atomic E-state index is -0.811. The quantitative estimate of drug-likeness (QED) is 0.249. The van der Waals surface area contributed by atoms with E-state index in [1.807, 2.05) is 61.9 Å². The fourth-order valence-corrected chi connectivity index (χ4v) is 5.17. The zero-order valence-electron chi connectivity index (χ0n) is 18.1. The predicted octanol–water partition coefficient (Wildman–Crippen LogP) is 4.60. The van der Waals surface area contributed by atoms with Gasteiger partial charge in [-0.15, -0.1) is 0 Å². The van der Waals surface area contributed by atoms with E-state index in [4.69, 9.17) is 18.9 Å². The van der Waals surface area contributed by atoms with Gasteiger partial charge in [-0.2, -0.15) is 0 Å². The molecule has 3 aromatic carbocycles. The van der Waals surface area contributed by atoms with Crippen molar-refractivity contribution >= 4 is 38.7 Å². The lowest BCUT2D eigenvalue weighted by molar-refractivity contribution is -0.0499. The Morgan fingerprint density at radius 3 is 2.59 bits per heavy atom. The van der Waals surface area contributed by atoms with Crippen LogP contribution in [-0.2, 0) is 16.5 Å². The van der Waals surface area contributed by atoms with E-state index in [-0.39, 0.29) is 5.43 Å². The number of ether oxygens (including phenoxy) is 4. The van der Waals surface area contributed by atoms with Gasteiger partial charge in [-0.3, -0.25) is 4.79 Å². The zero-order valence-corrected chi connectivity index (χ0v) is 18.1. The Morgan fingerprint density at radius 1 is 1.03 bits per heavy atom. The molecule has 162 valence electrons. The molecule has 2 atom stereocenters. The van der Waals surface area contributed by atoms with Gasteiger partial charge in [0.15, 0.2) is 12.2 Å². The summed E-state index contributed by atoms with van der Waals surface area (Å²) in [5.41, 5.74) is 1.04. The van der Waals surface area contributed by atoms with Crippen molar-refractivity contribution in [3.8, 4) is 11.5 Å². The van der Waals surface area contributed by atoms with Gasteiger partial charge < -0.3 is 23.5 Å². The van der Waals surface area contributed by atoms with Gasteiger partial charge in [-0.25, -0.2) is 4.79 Å². The third-order valence-corrected chi connectivity index (χ3v) is 6.61. The maximum absolute atomic E-state index is 13.9. The van der Waals surface area contributed by atoms with Crippen LogP contribution in [0.5, 0.6) is 11.5 Å². The standard InChI is InChI=1S/C25H21NO6/c1-25(2)23-22(30-24(28)31-23)19-16(32-25)11-15(29-4)18-20(19)26(3)14-10-9-12-7-5-6-8-13(12)17(14)21(18)27/h5-11,22-23H,1-4H3. The molecule has 2 aliphatic rings. The summed E-state index contributed by atoms with van der Waals surface area (Å²) in [6, 6.07) is 13.4. The fraction of sp³-hybridized carbons (Fsp3) is 0.280. The predicted molar refractivity (Wildman–Crippen MR) is 120 cm³/mol. The molecule has 0 saturated carbocycles. The van der Waals surface area contributed by atoms with E-state index >= 15 is 0 Å². The molecule has 2 aliphatic heterocycles. The van der Waals surface area contributed by atoms with Crippen molar-refractivity contribution in [2.45, 2.75) is 31.7 Å². The van der Waals surface area contributed by atoms with E-state index in [0.29, 0.717) is 33.4 Å². The number of pyridine rings is 1. The summed E-state index contributed by atoms with van der Waals surface area (Å²) in [7, 11) is 3.42. The third-order valence-electron chi connectivity index (χ3n) is 6.61. The molecule has 0 N–H and O–H groups in total. The van der Waals surface area contributed by atoms with E-state index < -0.39 is 24.0 Å². The van der Waals surface area contributed by atoms with Gasteiger partial charge >= 0.3 is 6.16 Å². The Hall–Kier alpha value is -3.74. The highest BCUT2D eigenvalue weighted by Crippen LogP contribution is 2.51. The molecular formula is C25H21NO6. The summed E-state index contributed by atoms with van der Waals surface area (Å²) < 4.78 is 24.9. The van der Waals surface area contributed by atoms with E-state index in [2.05, 4.69) is 0 Å². The molecule has 0 radical (unpaired) electrons. The molecule has 0 spiro atoms. The number of carbonyl (C=O) groups excluding carboxylic acids is 1. The van der Waals surface area contributed by atoms with Crippen LogP contribution in [0.15, 0.2) is 47.3 Å². The summed E-state index contributed by atoms with van der Waals surface area (Å²) in [4.78, 5) is 26.0. The normalized spacial score (nSPS) is 21.1. The van der Waals surface area contributed by atoms with E-state index in [1.165, 1.54) is 7.11 Å². The Balaban J connectivity index is 1.83. The molecule has 32 heavy (non-hydrogen) atoms. The Labute approximate surface area is 183 Å². The maximum Gasteiger partial charge on any atom is 0.509 e. The number of aryl methyl sites for hydroxylation is 1. The topological polar surface area (TPSA) is 76.0 Å². The molecule has 1 aromatic heterocycles. The Kier molecular flexibility index (Phi) is 3.65. The second-order valence-electron chi connectivity index (χ2n) is 8.82. The van der Waals surface area contributed by atoms with Gasteiger partial charge in [0.05, 0.1) is 34.5 Å². The van der Waals surface area contributed by atoms with Crippen LogP contribution in [0.1, 0.15) is 25.5 Å². The molecular weight excluding hydrogens is 410 g/mol. The second kappa shape index (κ2) is 6.16. The number of nitrogens with zero attached hydrogens (tertiary/aromatic N) is 1. The molecule has 1 fully saturated rings. The minimum absolute atomic E-state index is 0.142. The van der Waals surface area contributed by atoms with Crippen LogP contribution in [-0.4, -0.2) is 29.5 Å². The lowest BCUT2D eigenvalue weighted by Crippen LogP contribution is -2.48. The first-order valence-electron chi connectivity index (χ1n) is 10.4. The van der Waals surface area contributed by atoms with Crippen LogP contribution in [0.25, 0.3) is 32.6 Å². The third kappa shape index (κ3) is 2.30. The average Bonchev–Trinajstić information content (AvgIpc) is 3.18. The number of fused-ring (bicyclic) bond motifs is 8. The van der Waals surface area contributed by atoms with Crippen molar-refractivity contribution in [3.63, 3.8) is 0 Å². The smallest absolute Gasteiger partial charge is 0.496 e. The second-order valence-corrected chi connectivity index (χ2v) is 8.82. The SMILES string of the molecule is COc1cc2c(c3c1c(=O)c1c4ccccc4ccc1n3C)C1OC(=O)OC1C(C)(C)O2. The van der Waals surface area contributed by atoms with Gasteiger partial charge in [0.2, 0.25) is 5.43 Å². The lowest BCUT2D eigenvalue weighted by Gasteiger charge is -2.39. The summed E-state index contributed by atoms with van der Waals surface area (Å²) in [5, 5.41) is 2.89. The molecule has 0 aliphatic carbocycles. The van der Waals surface area contributed by atoms with Crippen LogP contribution >= 0.6 is 0 Å². The molecule has 1 saturated heterocycles. The lowest BCUT2D eigenvalue weighted by atomic mass is 9.86. The van der Waals surface area contributed by atoms with E-state index in [9.17, 15) is 9.59 Å². The number of rotatable bonds is 1. The van der Waals surface area contributed by atoms with Crippen molar-refractivity contribution in [1.82, 2.24) is 4.57 Å². The van der Waals surface area contributed by atoms with Crippen LogP contribution in [0, 0.1) is 0 Å². The number of aromatic nitrogens is 1. The first-order chi connectivity index (χ1) is 15.3. The summed E-state index contributed by atoms with van der Waals surface area (Å²) in [5.74, 6) is 0.919. The first-order valence-corrected chi connectivity index (χ1v) is 10.4. The molecule has 3 heterocycles. The molecule has 7 nitrogen and oxygen atoms in total. The summed E-state index contributed by atoms with van der Waals surface area (Å²) in [6.45, 7) is 3.69. The van der Waals surface area contributed by atoms with E-state index in [0.717, 1.165) is 16.3 Å². The van der Waals surface area contributed by atoms with Crippen molar-refractivity contribution in [3.05, 3.63) is 58.3 Å². The molecule has 2 unspecified atom stereocenters. The molecule has 7 heteroatoms. The zero-order chi connectivity index (χ0) is 22.4. The monoisotopic (exact) mass is 431 g/mol. The van der Waals surface area contributed by atoms with Gasteiger partial charge in [0, 0.05) is 13.1 Å². The van der Waals surface area contributed by atoms with Crippen molar-refractivity contribution in [1.29, 1.82) is 0 Å². The number of carbonyl (C=O) groups is 1. The highest BCUT2D eigenvalue weighted by atomic mass is 16.8. The maximum atomic E-state index is 13.9. The number of methoxy groups -OCH3 is 1. The summed E-state index contributed by atoms with van der Waals surface area (Å²) >= 11 is 0. The van der Waals surface area contributed by atoms with Crippen LogP contribution in [0.2, 0.25) is 0 Å². The highest BCUT2D eigenvalue weighted by molar-refractivity contribution is 6.11. The molecule has 0 bridgehead atoms. The van der Waals surface area contributed by atoms with Crippen LogP contribution < -0.4 is 14.9 Å². The fourth-order valence-electron chi connectivity index (χ4n) is 5.17. The Bertz CT molecular complexity index is 1530. The average molecular weight is 431 g/mol. The molecule has 6 rings (SSSR count). The van der Waals surface area contributed by atoms with Crippen LogP contribution in [0.3, 0.4) is 0 Å². The number of hydrogen-bond acceptors (Lipinski definition) is 6. The highest BCUT2D eigenvalue weighted by Gasteiger charge is 2.54. The minimum Gasteiger partial charge on any atom is -0.496 e. The van der Waals surface area contributed by atoms with E-state index in [1.54, 1.807) is 6.07 Å². The van der Waals surface area contributed by atoms with Crippen molar-refractivity contribution in [2.75, 3.05) is 7.11 Å². The molecule has 0 amide bonds. The first kappa shape index (κ1) is 19.0. The van der Waals surface area contributed by atoms with Crippen molar-refractivity contribution < 1.29 is 23.7 Å². The van der Waals surface area contributed by atoms with Crippen molar-refractivity contribution in [2.24, 2.45) is 7.05 Å². The number of benzene rings is 3.